The van der Waals surface area contributed by atoms with Crippen LogP contribution in [0.5, 0.6) is 5.75 Å². The van der Waals surface area contributed by atoms with Crippen LogP contribution in [0, 0.1) is 11.8 Å². The number of aryl methyl sites for hydroxylation is 1. The highest BCUT2D eigenvalue weighted by atomic mass is 35.5. The number of likely N-dealkylation sites (tertiary alicyclic amines) is 1. The summed E-state index contributed by atoms with van der Waals surface area (Å²) in [7, 11) is 0. The summed E-state index contributed by atoms with van der Waals surface area (Å²) in [4.78, 5) is 2.52. The Morgan fingerprint density at radius 3 is 2.57 bits per heavy atom. The van der Waals surface area contributed by atoms with Crippen molar-refractivity contribution in [3.8, 4) is 5.75 Å². The molecule has 3 nitrogen and oxygen atoms in total. The highest BCUT2D eigenvalue weighted by molar-refractivity contribution is 6.31. The average molecular weight is 340 g/mol. The van der Waals surface area contributed by atoms with E-state index in [-0.39, 0.29) is 0 Å². The predicted molar refractivity (Wildman–Crippen MR) is 96.5 cm³/mol. The predicted octanol–water partition coefficient (Wildman–Crippen LogP) is 4.28. The lowest BCUT2D eigenvalue weighted by molar-refractivity contribution is 0.0595. The van der Waals surface area contributed by atoms with Gasteiger partial charge in [0.2, 0.25) is 0 Å². The van der Waals surface area contributed by atoms with E-state index in [0.29, 0.717) is 13.2 Å². The van der Waals surface area contributed by atoms with Crippen molar-refractivity contribution in [2.45, 2.75) is 33.6 Å². The van der Waals surface area contributed by atoms with Crippen molar-refractivity contribution < 1.29 is 9.47 Å². The molecule has 1 aliphatic heterocycles. The first kappa shape index (κ1) is 18.6. The summed E-state index contributed by atoms with van der Waals surface area (Å²) in [5.74, 6) is 2.48. The summed E-state index contributed by atoms with van der Waals surface area (Å²) >= 11 is 6.11. The van der Waals surface area contributed by atoms with Gasteiger partial charge in [0.1, 0.15) is 12.4 Å². The number of hydrogen-bond acceptors (Lipinski definition) is 3. The maximum Gasteiger partial charge on any atom is 0.119 e. The minimum absolute atomic E-state index is 0.581. The second kappa shape index (κ2) is 9.51. The number of piperidine rings is 1. The standard InChI is InChI=1S/C19H30ClNO2/c1-4-17-12-18(5-6-19(17)20)23-10-9-22-8-7-21-13-15(2)11-16(3)14-21/h5-6,12,15-16H,4,7-11,13-14H2,1-3H3/t15-,16+. The smallest absolute Gasteiger partial charge is 0.119 e. The van der Waals surface area contributed by atoms with Crippen LogP contribution in [-0.4, -0.2) is 44.4 Å². The largest absolute Gasteiger partial charge is 0.491 e. The molecule has 1 aliphatic rings. The van der Waals surface area contributed by atoms with E-state index in [1.54, 1.807) is 0 Å². The Hall–Kier alpha value is -0.770. The number of hydrogen-bond donors (Lipinski definition) is 0. The van der Waals surface area contributed by atoms with Crippen LogP contribution in [0.1, 0.15) is 32.8 Å². The third-order valence-electron chi connectivity index (χ3n) is 4.39. The van der Waals surface area contributed by atoms with Crippen LogP contribution in [0.25, 0.3) is 0 Å². The summed E-state index contributed by atoms with van der Waals surface area (Å²) in [5.41, 5.74) is 1.12. The van der Waals surface area contributed by atoms with Crippen LogP contribution < -0.4 is 4.74 Å². The van der Waals surface area contributed by atoms with Gasteiger partial charge in [-0.1, -0.05) is 32.4 Å². The summed E-state index contributed by atoms with van der Waals surface area (Å²) in [5, 5.41) is 0.807. The molecule has 1 saturated heterocycles. The zero-order chi connectivity index (χ0) is 16.7. The third-order valence-corrected chi connectivity index (χ3v) is 4.76. The van der Waals surface area contributed by atoms with Crippen LogP contribution in [0.2, 0.25) is 5.02 Å². The van der Waals surface area contributed by atoms with Gasteiger partial charge in [0.05, 0.1) is 13.2 Å². The van der Waals surface area contributed by atoms with Gasteiger partial charge in [0.15, 0.2) is 0 Å². The number of benzene rings is 1. The van der Waals surface area contributed by atoms with Crippen LogP contribution in [0.4, 0.5) is 0 Å². The first-order chi connectivity index (χ1) is 11.1. The Balaban J connectivity index is 1.59. The summed E-state index contributed by atoms with van der Waals surface area (Å²) in [6.07, 6.45) is 2.27. The molecule has 0 unspecified atom stereocenters. The van der Waals surface area contributed by atoms with Crippen LogP contribution >= 0.6 is 11.6 Å². The molecule has 0 aromatic heterocycles. The van der Waals surface area contributed by atoms with Crippen LogP contribution in [-0.2, 0) is 11.2 Å². The van der Waals surface area contributed by atoms with Crippen molar-refractivity contribution in [2.75, 3.05) is 39.5 Å². The SMILES string of the molecule is CCc1cc(OCCOCCN2C[C@H](C)C[C@H](C)C2)ccc1Cl. The van der Waals surface area contributed by atoms with Crippen molar-refractivity contribution in [2.24, 2.45) is 11.8 Å². The van der Waals surface area contributed by atoms with Crippen LogP contribution in [0.3, 0.4) is 0 Å². The monoisotopic (exact) mass is 339 g/mol. The molecule has 23 heavy (non-hydrogen) atoms. The second-order valence-electron chi connectivity index (χ2n) is 6.77. The second-order valence-corrected chi connectivity index (χ2v) is 7.18. The van der Waals surface area contributed by atoms with E-state index in [1.807, 2.05) is 18.2 Å². The Morgan fingerprint density at radius 1 is 1.13 bits per heavy atom. The van der Waals surface area contributed by atoms with E-state index < -0.39 is 0 Å². The van der Waals surface area contributed by atoms with E-state index >= 15 is 0 Å². The summed E-state index contributed by atoms with van der Waals surface area (Å²) < 4.78 is 11.4. The lowest BCUT2D eigenvalue weighted by atomic mass is 9.92. The lowest BCUT2D eigenvalue weighted by Gasteiger charge is -2.34. The van der Waals surface area contributed by atoms with Gasteiger partial charge in [-0.25, -0.2) is 0 Å². The van der Waals surface area contributed by atoms with Gasteiger partial charge in [-0.15, -0.1) is 0 Å². The molecule has 1 heterocycles. The van der Waals surface area contributed by atoms with Gasteiger partial charge in [-0.2, -0.15) is 0 Å². The fraction of sp³-hybridized carbons (Fsp3) is 0.684. The topological polar surface area (TPSA) is 21.7 Å². The van der Waals surface area contributed by atoms with Crippen molar-refractivity contribution in [3.63, 3.8) is 0 Å². The molecule has 0 N–H and O–H groups in total. The molecule has 130 valence electrons. The van der Waals surface area contributed by atoms with Gasteiger partial charge < -0.3 is 14.4 Å². The molecule has 0 spiro atoms. The van der Waals surface area contributed by atoms with Crippen LogP contribution in [0.15, 0.2) is 18.2 Å². The third kappa shape index (κ3) is 6.33. The van der Waals surface area contributed by atoms with E-state index in [4.69, 9.17) is 21.1 Å². The molecule has 0 aliphatic carbocycles. The Bertz CT molecular complexity index is 470. The van der Waals surface area contributed by atoms with Gasteiger partial charge in [0, 0.05) is 24.7 Å². The van der Waals surface area contributed by atoms with E-state index in [1.165, 1.54) is 19.5 Å². The zero-order valence-corrected chi connectivity index (χ0v) is 15.4. The molecule has 1 fully saturated rings. The Kier molecular flexibility index (Phi) is 7.68. The van der Waals surface area contributed by atoms with Crippen molar-refractivity contribution in [3.05, 3.63) is 28.8 Å². The van der Waals surface area contributed by atoms with Gasteiger partial charge in [0.25, 0.3) is 0 Å². The highest BCUT2D eigenvalue weighted by Crippen LogP contribution is 2.22. The van der Waals surface area contributed by atoms with E-state index in [9.17, 15) is 0 Å². The highest BCUT2D eigenvalue weighted by Gasteiger charge is 2.21. The zero-order valence-electron chi connectivity index (χ0n) is 14.7. The molecule has 0 saturated carbocycles. The first-order valence-electron chi connectivity index (χ1n) is 8.79. The maximum absolute atomic E-state index is 6.11. The van der Waals surface area contributed by atoms with Gasteiger partial charge >= 0.3 is 0 Å². The summed E-state index contributed by atoms with van der Waals surface area (Å²) in [6.45, 7) is 12.2. The van der Waals surface area contributed by atoms with Crippen molar-refractivity contribution >= 4 is 11.6 Å². The van der Waals surface area contributed by atoms with Crippen molar-refractivity contribution in [1.29, 1.82) is 0 Å². The minimum atomic E-state index is 0.581. The quantitative estimate of drug-likeness (QED) is 0.660. The van der Waals surface area contributed by atoms with Gasteiger partial charge in [-0.3, -0.25) is 0 Å². The molecule has 0 radical (unpaired) electrons. The summed E-state index contributed by atoms with van der Waals surface area (Å²) in [6, 6.07) is 5.83. The van der Waals surface area contributed by atoms with E-state index in [0.717, 1.165) is 47.7 Å². The average Bonchev–Trinajstić information content (AvgIpc) is 2.51. The number of ether oxygens (including phenoxy) is 2. The van der Waals surface area contributed by atoms with Crippen molar-refractivity contribution in [1.82, 2.24) is 4.90 Å². The lowest BCUT2D eigenvalue weighted by Crippen LogP contribution is -2.40. The fourth-order valence-electron chi connectivity index (χ4n) is 3.40. The van der Waals surface area contributed by atoms with Gasteiger partial charge in [-0.05, 0) is 48.4 Å². The van der Waals surface area contributed by atoms with E-state index in [2.05, 4.69) is 25.7 Å². The fourth-order valence-corrected chi connectivity index (χ4v) is 3.65. The normalized spacial score (nSPS) is 22.3. The Morgan fingerprint density at radius 2 is 1.87 bits per heavy atom. The molecule has 4 heteroatoms. The number of nitrogens with zero attached hydrogens (tertiary/aromatic N) is 1. The number of halogens is 1. The molecular weight excluding hydrogens is 310 g/mol. The minimum Gasteiger partial charge on any atom is -0.491 e. The molecule has 1 aromatic carbocycles. The Labute approximate surface area is 145 Å². The molecule has 1 aromatic rings. The molecule has 0 bridgehead atoms. The molecular formula is C19H30ClNO2. The first-order valence-corrected chi connectivity index (χ1v) is 9.17. The molecule has 0 amide bonds. The molecule has 2 rings (SSSR count). The maximum atomic E-state index is 6.11. The number of rotatable bonds is 8. The molecule has 2 atom stereocenters.